The predicted molar refractivity (Wildman–Crippen MR) is 65.3 cm³/mol. The monoisotopic (exact) mass is 281 g/mol. The lowest BCUT2D eigenvalue weighted by Gasteiger charge is -2.12. The molecule has 2 amide bonds. The fourth-order valence-corrected chi connectivity index (χ4v) is 1.96. The van der Waals surface area contributed by atoms with Crippen molar-refractivity contribution in [2.24, 2.45) is 5.73 Å². The van der Waals surface area contributed by atoms with E-state index < -0.39 is 12.0 Å². The van der Waals surface area contributed by atoms with Gasteiger partial charge < -0.3 is 10.8 Å². The molecule has 1 fully saturated rings. The summed E-state index contributed by atoms with van der Waals surface area (Å²) in [6.45, 7) is 0.337. The van der Waals surface area contributed by atoms with E-state index in [0.717, 1.165) is 0 Å². The molecule has 0 bridgehead atoms. The second-order valence-corrected chi connectivity index (χ2v) is 4.60. The van der Waals surface area contributed by atoms with Gasteiger partial charge in [-0.25, -0.2) is 4.68 Å². The van der Waals surface area contributed by atoms with Crippen molar-refractivity contribution in [1.29, 1.82) is 0 Å². The Labute approximate surface area is 114 Å². The first-order valence-electron chi connectivity index (χ1n) is 6.18. The van der Waals surface area contributed by atoms with Crippen molar-refractivity contribution >= 4 is 17.8 Å². The predicted octanol–water partition coefficient (Wildman–Crippen LogP) is -1.62. The van der Waals surface area contributed by atoms with Crippen LogP contribution in [0.25, 0.3) is 0 Å². The van der Waals surface area contributed by atoms with Gasteiger partial charge >= 0.3 is 5.97 Å². The van der Waals surface area contributed by atoms with Crippen LogP contribution in [0.1, 0.15) is 18.5 Å². The van der Waals surface area contributed by atoms with Crippen LogP contribution in [0.4, 0.5) is 0 Å². The molecule has 1 aliphatic heterocycles. The Hall–Kier alpha value is -2.29. The van der Waals surface area contributed by atoms with Gasteiger partial charge in [0.2, 0.25) is 5.91 Å². The highest BCUT2D eigenvalue weighted by Crippen LogP contribution is 2.10. The van der Waals surface area contributed by atoms with Crippen LogP contribution in [0.2, 0.25) is 0 Å². The van der Waals surface area contributed by atoms with E-state index in [1.54, 1.807) is 0 Å². The number of carbonyl (C=O) groups excluding carboxylic acids is 2. The fraction of sp³-hybridized carbons (Fsp3) is 0.545. The molecular weight excluding hydrogens is 266 g/mol. The number of aromatic nitrogens is 3. The molecule has 1 aliphatic rings. The number of hydrogen-bond acceptors (Lipinski definition) is 6. The lowest BCUT2D eigenvalue weighted by atomic mass is 10.2. The highest BCUT2D eigenvalue weighted by molar-refractivity contribution is 5.96. The number of aliphatic carboxylic acids is 1. The number of nitrogens with two attached hydrogens (primary N) is 1. The number of rotatable bonds is 5. The molecule has 2 rings (SSSR count). The molecule has 0 saturated carbocycles. The maximum absolute atomic E-state index is 11.9. The van der Waals surface area contributed by atoms with Crippen LogP contribution in [-0.4, -0.2) is 55.4 Å². The third kappa shape index (κ3) is 3.18. The van der Waals surface area contributed by atoms with Crippen molar-refractivity contribution < 1.29 is 19.5 Å². The van der Waals surface area contributed by atoms with Gasteiger partial charge in [-0.1, -0.05) is 5.21 Å². The van der Waals surface area contributed by atoms with Gasteiger partial charge in [0.05, 0.1) is 5.69 Å². The van der Waals surface area contributed by atoms with Crippen molar-refractivity contribution in [2.45, 2.75) is 31.8 Å². The molecule has 1 atom stereocenters. The first-order chi connectivity index (χ1) is 9.47. The number of imide groups is 1. The van der Waals surface area contributed by atoms with Gasteiger partial charge in [-0.05, 0) is 6.42 Å². The minimum Gasteiger partial charge on any atom is -0.480 e. The molecule has 9 nitrogen and oxygen atoms in total. The zero-order valence-corrected chi connectivity index (χ0v) is 10.7. The van der Waals surface area contributed by atoms with Gasteiger partial charge in [0.25, 0.3) is 5.91 Å². The molecule has 1 aromatic heterocycles. The molecule has 108 valence electrons. The van der Waals surface area contributed by atoms with Gasteiger partial charge in [0.15, 0.2) is 0 Å². The normalized spacial score (nSPS) is 16.4. The van der Waals surface area contributed by atoms with Crippen LogP contribution in [-0.2, 0) is 27.3 Å². The number of nitrogens with zero attached hydrogens (tertiary/aromatic N) is 4. The quantitative estimate of drug-likeness (QED) is 0.663. The number of hydrogen-bond donors (Lipinski definition) is 2. The van der Waals surface area contributed by atoms with Crippen LogP contribution >= 0.6 is 0 Å². The van der Waals surface area contributed by atoms with Crippen molar-refractivity contribution in [3.05, 3.63) is 11.9 Å². The van der Waals surface area contributed by atoms with Crippen molar-refractivity contribution in [2.75, 3.05) is 6.54 Å². The van der Waals surface area contributed by atoms with Crippen LogP contribution < -0.4 is 5.73 Å². The fourth-order valence-electron chi connectivity index (χ4n) is 1.96. The molecule has 9 heteroatoms. The Balaban J connectivity index is 1.94. The summed E-state index contributed by atoms with van der Waals surface area (Å²) in [4.78, 5) is 35.1. The summed E-state index contributed by atoms with van der Waals surface area (Å²) in [7, 11) is 0. The van der Waals surface area contributed by atoms with Gasteiger partial charge in [-0.15, -0.1) is 5.10 Å². The summed E-state index contributed by atoms with van der Waals surface area (Å²) in [5.41, 5.74) is 5.77. The third-order valence-electron chi connectivity index (χ3n) is 3.00. The van der Waals surface area contributed by atoms with E-state index in [1.165, 1.54) is 15.8 Å². The summed E-state index contributed by atoms with van der Waals surface area (Å²) >= 11 is 0. The Kier molecular flexibility index (Phi) is 4.08. The SMILES string of the molecule is NC(Cc1cn(CC(=O)N2CCCC2=O)nn1)C(=O)O. The van der Waals surface area contributed by atoms with Gasteiger partial charge in [0, 0.05) is 25.6 Å². The van der Waals surface area contributed by atoms with Gasteiger partial charge in [-0.2, -0.15) is 0 Å². The molecule has 1 saturated heterocycles. The number of likely N-dealkylation sites (tertiary alicyclic amines) is 1. The molecule has 20 heavy (non-hydrogen) atoms. The van der Waals surface area contributed by atoms with Crippen molar-refractivity contribution in [3.8, 4) is 0 Å². The van der Waals surface area contributed by atoms with Crippen molar-refractivity contribution in [3.63, 3.8) is 0 Å². The van der Waals surface area contributed by atoms with Gasteiger partial charge in [-0.3, -0.25) is 19.3 Å². The summed E-state index contributed by atoms with van der Waals surface area (Å²) in [6.07, 6.45) is 2.57. The Morgan fingerprint density at radius 2 is 2.25 bits per heavy atom. The highest BCUT2D eigenvalue weighted by Gasteiger charge is 2.26. The average Bonchev–Trinajstić information content (AvgIpc) is 2.98. The van der Waals surface area contributed by atoms with E-state index in [0.29, 0.717) is 25.1 Å². The lowest BCUT2D eigenvalue weighted by molar-refractivity contribution is -0.142. The average molecular weight is 281 g/mol. The van der Waals surface area contributed by atoms with E-state index in [4.69, 9.17) is 10.8 Å². The maximum Gasteiger partial charge on any atom is 0.320 e. The highest BCUT2D eigenvalue weighted by atomic mass is 16.4. The Bertz CT molecular complexity index is 541. The summed E-state index contributed by atoms with van der Waals surface area (Å²) < 4.78 is 1.28. The second-order valence-electron chi connectivity index (χ2n) is 4.60. The number of carbonyl (C=O) groups is 3. The van der Waals surface area contributed by atoms with E-state index in [-0.39, 0.29) is 24.8 Å². The molecule has 0 aromatic carbocycles. The minimum atomic E-state index is -1.13. The molecule has 3 N–H and O–H groups in total. The first-order valence-corrected chi connectivity index (χ1v) is 6.18. The van der Waals surface area contributed by atoms with Gasteiger partial charge in [0.1, 0.15) is 12.6 Å². The Morgan fingerprint density at radius 1 is 1.50 bits per heavy atom. The number of carboxylic acids is 1. The molecule has 0 spiro atoms. The first kappa shape index (κ1) is 14.1. The topological polar surface area (TPSA) is 131 Å². The largest absolute Gasteiger partial charge is 0.480 e. The summed E-state index contributed by atoms with van der Waals surface area (Å²) in [5, 5.41) is 16.2. The minimum absolute atomic E-state index is 0.0339. The molecule has 1 aromatic rings. The number of amides is 2. The molecule has 0 radical (unpaired) electrons. The Morgan fingerprint density at radius 3 is 2.85 bits per heavy atom. The standard InChI is InChI=1S/C11H15N5O4/c12-8(11(19)20)4-7-5-15(14-13-7)6-10(18)16-3-1-2-9(16)17/h5,8H,1-4,6,12H2,(H,19,20). The summed E-state index contributed by atoms with van der Waals surface area (Å²) in [6, 6.07) is -1.06. The van der Waals surface area contributed by atoms with E-state index in [1.807, 2.05) is 0 Å². The van der Waals surface area contributed by atoms with Crippen LogP contribution in [0.3, 0.4) is 0 Å². The smallest absolute Gasteiger partial charge is 0.320 e. The zero-order valence-electron chi connectivity index (χ0n) is 10.7. The van der Waals surface area contributed by atoms with E-state index >= 15 is 0 Å². The van der Waals surface area contributed by atoms with Crippen molar-refractivity contribution in [1.82, 2.24) is 19.9 Å². The van der Waals surface area contributed by atoms with Crippen LogP contribution in [0, 0.1) is 0 Å². The van der Waals surface area contributed by atoms with Crippen LogP contribution in [0.15, 0.2) is 6.20 Å². The van der Waals surface area contributed by atoms with E-state index in [9.17, 15) is 14.4 Å². The molecule has 2 heterocycles. The molecule has 1 unspecified atom stereocenters. The lowest BCUT2D eigenvalue weighted by Crippen LogP contribution is -2.34. The summed E-state index contributed by atoms with van der Waals surface area (Å²) in [5.74, 6) is -1.65. The zero-order chi connectivity index (χ0) is 14.7. The molecular formula is C11H15N5O4. The maximum atomic E-state index is 11.9. The molecule has 0 aliphatic carbocycles. The third-order valence-corrected chi connectivity index (χ3v) is 3.00. The second kappa shape index (κ2) is 5.78. The van der Waals surface area contributed by atoms with Crippen LogP contribution in [0.5, 0.6) is 0 Å². The van der Waals surface area contributed by atoms with E-state index in [2.05, 4.69) is 10.3 Å². The number of carboxylic acid groups (broad SMARTS) is 1.